The van der Waals surface area contributed by atoms with E-state index in [2.05, 4.69) is 20.2 Å². The fraction of sp³-hybridized carbons (Fsp3) is 0.412. The summed E-state index contributed by atoms with van der Waals surface area (Å²) in [6, 6.07) is 1.82. The van der Waals surface area contributed by atoms with E-state index in [1.807, 2.05) is 11.0 Å². The molecule has 11 heteroatoms. The zero-order valence-electron chi connectivity index (χ0n) is 15.7. The summed E-state index contributed by atoms with van der Waals surface area (Å²) in [5, 5.41) is 7.95. The van der Waals surface area contributed by atoms with Gasteiger partial charge in [-0.1, -0.05) is 5.16 Å². The van der Waals surface area contributed by atoms with Crippen LogP contribution in [0.1, 0.15) is 17.9 Å². The zero-order valence-corrected chi connectivity index (χ0v) is 16.5. The molecule has 0 atom stereocenters. The molecule has 1 aliphatic heterocycles. The van der Waals surface area contributed by atoms with Crippen molar-refractivity contribution < 1.29 is 12.9 Å². The second-order valence-corrected chi connectivity index (χ2v) is 8.46. The van der Waals surface area contributed by atoms with Gasteiger partial charge in [0.05, 0.1) is 12.4 Å². The van der Waals surface area contributed by atoms with Crippen LogP contribution in [0.4, 0.5) is 5.82 Å². The quantitative estimate of drug-likeness (QED) is 0.638. The molecule has 148 valence electrons. The van der Waals surface area contributed by atoms with Crippen molar-refractivity contribution in [3.63, 3.8) is 0 Å². The molecule has 0 spiro atoms. The lowest BCUT2D eigenvalue weighted by molar-refractivity contribution is 0.389. The van der Waals surface area contributed by atoms with Gasteiger partial charge in [0.2, 0.25) is 10.0 Å². The standard InChI is InChI=1S/C17H21N7O3S/c1-13-17(14(2)27-21-13)28(25,26)23-7-4-6-22(9-10-23)15-11-18-12-16(20-15)24-8-3-5-19-24/h3,5,8,11-12H,4,6-7,9-10H2,1-2H3. The Morgan fingerprint density at radius 3 is 2.61 bits per heavy atom. The highest BCUT2D eigenvalue weighted by atomic mass is 32.2. The van der Waals surface area contributed by atoms with E-state index in [9.17, 15) is 8.42 Å². The van der Waals surface area contributed by atoms with Gasteiger partial charge in [0.1, 0.15) is 16.4 Å². The first kappa shape index (κ1) is 18.6. The molecule has 4 rings (SSSR count). The fourth-order valence-corrected chi connectivity index (χ4v) is 5.11. The molecule has 0 radical (unpaired) electrons. The number of hydrogen-bond donors (Lipinski definition) is 0. The van der Waals surface area contributed by atoms with E-state index in [-0.39, 0.29) is 4.90 Å². The molecule has 0 bridgehead atoms. The van der Waals surface area contributed by atoms with Gasteiger partial charge < -0.3 is 9.42 Å². The number of nitrogens with zero attached hydrogens (tertiary/aromatic N) is 7. The average molecular weight is 403 g/mol. The molecular formula is C17H21N7O3S. The van der Waals surface area contributed by atoms with Crippen molar-refractivity contribution >= 4 is 15.8 Å². The number of rotatable bonds is 4. The Bertz CT molecular complexity index is 1040. The second-order valence-electron chi connectivity index (χ2n) is 6.58. The number of hydrogen-bond acceptors (Lipinski definition) is 8. The lowest BCUT2D eigenvalue weighted by Crippen LogP contribution is -2.35. The van der Waals surface area contributed by atoms with Crippen LogP contribution in [0.5, 0.6) is 0 Å². The monoisotopic (exact) mass is 403 g/mol. The van der Waals surface area contributed by atoms with Crippen LogP contribution >= 0.6 is 0 Å². The largest absolute Gasteiger partial charge is 0.360 e. The predicted octanol–water partition coefficient (Wildman–Crippen LogP) is 1.17. The van der Waals surface area contributed by atoms with Crippen LogP contribution in [0.3, 0.4) is 0 Å². The van der Waals surface area contributed by atoms with Crippen LogP contribution in [0.2, 0.25) is 0 Å². The van der Waals surface area contributed by atoms with Crippen molar-refractivity contribution in [2.75, 3.05) is 31.1 Å². The first-order chi connectivity index (χ1) is 13.5. The molecule has 0 unspecified atom stereocenters. The zero-order chi connectivity index (χ0) is 19.7. The van der Waals surface area contributed by atoms with E-state index in [0.29, 0.717) is 55.7 Å². The Morgan fingerprint density at radius 2 is 1.89 bits per heavy atom. The number of aromatic nitrogens is 5. The van der Waals surface area contributed by atoms with Crippen molar-refractivity contribution in [2.45, 2.75) is 25.2 Å². The van der Waals surface area contributed by atoms with Gasteiger partial charge in [-0.15, -0.1) is 0 Å². The maximum atomic E-state index is 13.1. The Hall–Kier alpha value is -2.79. The van der Waals surface area contributed by atoms with Gasteiger partial charge in [-0.25, -0.2) is 18.1 Å². The second kappa shape index (κ2) is 7.32. The molecule has 10 nitrogen and oxygen atoms in total. The van der Waals surface area contributed by atoms with E-state index in [0.717, 1.165) is 0 Å². The molecule has 3 aromatic rings. The van der Waals surface area contributed by atoms with Crippen molar-refractivity contribution in [1.82, 2.24) is 29.2 Å². The molecule has 1 fully saturated rings. The van der Waals surface area contributed by atoms with Gasteiger partial charge in [-0.3, -0.25) is 4.98 Å². The summed E-state index contributed by atoms with van der Waals surface area (Å²) in [6.45, 7) is 5.23. The van der Waals surface area contributed by atoms with E-state index in [1.54, 1.807) is 43.3 Å². The van der Waals surface area contributed by atoms with Crippen LogP contribution in [0.15, 0.2) is 40.3 Å². The molecule has 1 aliphatic rings. The lowest BCUT2D eigenvalue weighted by atomic mass is 10.4. The molecule has 0 amide bonds. The summed E-state index contributed by atoms with van der Waals surface area (Å²) < 4.78 is 34.3. The number of sulfonamides is 1. The minimum Gasteiger partial charge on any atom is -0.360 e. The minimum atomic E-state index is -3.65. The highest BCUT2D eigenvalue weighted by Gasteiger charge is 2.32. The highest BCUT2D eigenvalue weighted by Crippen LogP contribution is 2.25. The minimum absolute atomic E-state index is 0.168. The first-order valence-electron chi connectivity index (χ1n) is 8.97. The predicted molar refractivity (Wildman–Crippen MR) is 101 cm³/mol. The summed E-state index contributed by atoms with van der Waals surface area (Å²) in [7, 11) is -3.65. The van der Waals surface area contributed by atoms with E-state index >= 15 is 0 Å². The summed E-state index contributed by atoms with van der Waals surface area (Å²) in [6.07, 6.45) is 7.48. The van der Waals surface area contributed by atoms with Crippen molar-refractivity contribution in [3.05, 3.63) is 42.3 Å². The summed E-state index contributed by atoms with van der Waals surface area (Å²) in [5.74, 6) is 1.63. The topological polar surface area (TPSA) is 110 Å². The maximum absolute atomic E-state index is 13.1. The fourth-order valence-electron chi connectivity index (χ4n) is 3.35. The number of aryl methyl sites for hydroxylation is 2. The normalized spacial score (nSPS) is 16.3. The molecule has 3 aromatic heterocycles. The molecule has 0 saturated carbocycles. The van der Waals surface area contributed by atoms with Crippen LogP contribution < -0.4 is 4.90 Å². The molecule has 4 heterocycles. The lowest BCUT2D eigenvalue weighted by Gasteiger charge is -2.22. The first-order valence-corrected chi connectivity index (χ1v) is 10.4. The molecule has 0 N–H and O–H groups in total. The Morgan fingerprint density at radius 1 is 1.07 bits per heavy atom. The Labute approximate surface area is 162 Å². The van der Waals surface area contributed by atoms with Crippen LogP contribution in [-0.2, 0) is 10.0 Å². The third kappa shape index (κ3) is 3.38. The molecular weight excluding hydrogens is 382 g/mol. The maximum Gasteiger partial charge on any atom is 0.248 e. The van der Waals surface area contributed by atoms with Crippen molar-refractivity contribution in [1.29, 1.82) is 0 Å². The van der Waals surface area contributed by atoms with Gasteiger partial charge in [0.15, 0.2) is 11.6 Å². The third-order valence-electron chi connectivity index (χ3n) is 4.69. The van der Waals surface area contributed by atoms with Gasteiger partial charge in [0.25, 0.3) is 0 Å². The van der Waals surface area contributed by atoms with Crippen LogP contribution in [0, 0.1) is 13.8 Å². The summed E-state index contributed by atoms with van der Waals surface area (Å²) in [4.78, 5) is 11.1. The molecule has 0 aliphatic carbocycles. The van der Waals surface area contributed by atoms with Gasteiger partial charge in [-0.2, -0.15) is 9.40 Å². The number of anilines is 1. The highest BCUT2D eigenvalue weighted by molar-refractivity contribution is 7.89. The van der Waals surface area contributed by atoms with Crippen molar-refractivity contribution in [2.24, 2.45) is 0 Å². The molecule has 28 heavy (non-hydrogen) atoms. The van der Waals surface area contributed by atoms with E-state index in [4.69, 9.17) is 4.52 Å². The summed E-state index contributed by atoms with van der Waals surface area (Å²) in [5.41, 5.74) is 0.386. The SMILES string of the molecule is Cc1noc(C)c1S(=O)(=O)N1CCCN(c2cncc(-n3cccn3)n2)CC1. The van der Waals surface area contributed by atoms with Crippen molar-refractivity contribution in [3.8, 4) is 5.82 Å². The van der Waals surface area contributed by atoms with Gasteiger partial charge in [0, 0.05) is 38.6 Å². The molecule has 0 aromatic carbocycles. The smallest absolute Gasteiger partial charge is 0.248 e. The third-order valence-corrected chi connectivity index (χ3v) is 6.84. The van der Waals surface area contributed by atoms with Crippen LogP contribution in [0.25, 0.3) is 5.82 Å². The Balaban J connectivity index is 1.54. The molecule has 1 saturated heterocycles. The summed E-state index contributed by atoms with van der Waals surface area (Å²) >= 11 is 0. The average Bonchev–Trinajstić information content (AvgIpc) is 3.25. The van der Waals surface area contributed by atoms with E-state index < -0.39 is 10.0 Å². The van der Waals surface area contributed by atoms with Crippen LogP contribution in [-0.4, -0.2) is 63.8 Å². The van der Waals surface area contributed by atoms with Gasteiger partial charge in [-0.05, 0) is 26.3 Å². The Kier molecular flexibility index (Phi) is 4.85. The van der Waals surface area contributed by atoms with E-state index in [1.165, 1.54) is 4.31 Å². The van der Waals surface area contributed by atoms with Gasteiger partial charge >= 0.3 is 0 Å².